The summed E-state index contributed by atoms with van der Waals surface area (Å²) in [5.74, 6) is 2.52. The second-order valence-corrected chi connectivity index (χ2v) is 10.5. The number of hydrogen-bond acceptors (Lipinski definition) is 5. The van der Waals surface area contributed by atoms with Crippen molar-refractivity contribution in [3.63, 3.8) is 0 Å². The molecule has 5 nitrogen and oxygen atoms in total. The second-order valence-electron chi connectivity index (χ2n) is 9.44. The third kappa shape index (κ3) is 3.09. The van der Waals surface area contributed by atoms with Crippen LogP contribution >= 0.6 is 11.8 Å². The molecule has 178 valence electrons. The first-order valence-corrected chi connectivity index (χ1v) is 13.1. The Balaban J connectivity index is 1.22. The Morgan fingerprint density at radius 2 is 1.57 bits per heavy atom. The molecule has 0 unspecified atom stereocenters. The quantitative estimate of drug-likeness (QED) is 0.247. The average Bonchev–Trinajstić information content (AvgIpc) is 3.45. The molecule has 0 fully saturated rings. The van der Waals surface area contributed by atoms with Crippen LogP contribution in [0.25, 0.3) is 27.6 Å². The highest BCUT2D eigenvalue weighted by Crippen LogP contribution is 2.55. The molecule has 0 amide bonds. The lowest BCUT2D eigenvalue weighted by Gasteiger charge is -2.28. The molecule has 37 heavy (non-hydrogen) atoms. The van der Waals surface area contributed by atoms with Gasteiger partial charge in [0.25, 0.3) is 0 Å². The normalized spacial score (nSPS) is 13.8. The molecule has 0 N–H and O–H groups in total. The van der Waals surface area contributed by atoms with Gasteiger partial charge in [-0.1, -0.05) is 42.1 Å². The van der Waals surface area contributed by atoms with Crippen molar-refractivity contribution >= 4 is 50.6 Å². The number of hydrogen-bond donors (Lipinski definition) is 0. The maximum Gasteiger partial charge on any atom is 0.137 e. The first kappa shape index (κ1) is 20.7. The molecular weight excluding hydrogens is 476 g/mol. The maximum atomic E-state index is 6.48. The highest BCUT2D eigenvalue weighted by Gasteiger charge is 2.33. The van der Waals surface area contributed by atoms with Crippen molar-refractivity contribution in [2.24, 2.45) is 0 Å². The van der Waals surface area contributed by atoms with Crippen LogP contribution in [0.1, 0.15) is 0 Å². The van der Waals surface area contributed by atoms with E-state index in [1.165, 1.54) is 37.6 Å². The molecule has 8 rings (SSSR count). The van der Waals surface area contributed by atoms with Gasteiger partial charge in [-0.2, -0.15) is 0 Å². The van der Waals surface area contributed by atoms with Crippen LogP contribution in [0.15, 0.2) is 113 Å². The SMILES string of the molecule is CN1CN2c3cc(Oc4ccc5c6ccccc6n(-c6ccccn6)c5c4)ccc3Sc3cccc1c32. The largest absolute Gasteiger partial charge is 0.457 e. The number of rotatable bonds is 3. The van der Waals surface area contributed by atoms with Gasteiger partial charge in [-0.15, -0.1) is 0 Å². The van der Waals surface area contributed by atoms with Crippen LogP contribution in [0.3, 0.4) is 0 Å². The molecule has 0 radical (unpaired) electrons. The molecule has 4 heterocycles. The lowest BCUT2D eigenvalue weighted by molar-refractivity contribution is 0.483. The fraction of sp³-hybridized carbons (Fsp3) is 0.0645. The highest BCUT2D eigenvalue weighted by atomic mass is 32.2. The van der Waals surface area contributed by atoms with Gasteiger partial charge >= 0.3 is 0 Å². The molecular formula is C31H22N4OS. The van der Waals surface area contributed by atoms with E-state index < -0.39 is 0 Å². The lowest BCUT2D eigenvalue weighted by atomic mass is 10.1. The first-order chi connectivity index (χ1) is 18.2. The van der Waals surface area contributed by atoms with Gasteiger partial charge in [0.2, 0.25) is 0 Å². The monoisotopic (exact) mass is 498 g/mol. The van der Waals surface area contributed by atoms with Gasteiger partial charge in [0, 0.05) is 45.9 Å². The zero-order chi connectivity index (χ0) is 24.5. The summed E-state index contributed by atoms with van der Waals surface area (Å²) in [6.45, 7) is 0.833. The lowest BCUT2D eigenvalue weighted by Crippen LogP contribution is -2.25. The van der Waals surface area contributed by atoms with Crippen LogP contribution in [0.4, 0.5) is 17.1 Å². The fourth-order valence-electron chi connectivity index (χ4n) is 5.59. The van der Waals surface area contributed by atoms with Crippen molar-refractivity contribution < 1.29 is 4.74 Å². The van der Waals surface area contributed by atoms with E-state index >= 15 is 0 Å². The summed E-state index contributed by atoms with van der Waals surface area (Å²) in [7, 11) is 2.15. The summed E-state index contributed by atoms with van der Waals surface area (Å²) < 4.78 is 8.69. The molecule has 0 saturated carbocycles. The maximum absolute atomic E-state index is 6.48. The van der Waals surface area contributed by atoms with Gasteiger partial charge in [-0.25, -0.2) is 4.98 Å². The minimum absolute atomic E-state index is 0.801. The van der Waals surface area contributed by atoms with Crippen molar-refractivity contribution in [2.45, 2.75) is 9.79 Å². The number of benzene rings is 4. The van der Waals surface area contributed by atoms with E-state index in [0.717, 1.165) is 35.0 Å². The number of ether oxygens (including phenoxy) is 1. The van der Waals surface area contributed by atoms with Crippen molar-refractivity contribution in [1.29, 1.82) is 0 Å². The third-order valence-corrected chi connectivity index (χ3v) is 8.33. The molecule has 2 aliphatic heterocycles. The molecule has 4 aromatic carbocycles. The van der Waals surface area contributed by atoms with Gasteiger partial charge in [-0.05, 0) is 54.6 Å². The van der Waals surface area contributed by atoms with Crippen LogP contribution in [0.2, 0.25) is 0 Å². The Labute approximate surface area is 218 Å². The zero-order valence-electron chi connectivity index (χ0n) is 20.1. The number of anilines is 3. The smallest absolute Gasteiger partial charge is 0.137 e. The molecule has 0 spiro atoms. The Morgan fingerprint density at radius 1 is 0.730 bits per heavy atom. The van der Waals surface area contributed by atoms with E-state index in [4.69, 9.17) is 4.74 Å². The van der Waals surface area contributed by atoms with Crippen LogP contribution in [0.5, 0.6) is 11.5 Å². The Morgan fingerprint density at radius 3 is 2.49 bits per heavy atom. The summed E-state index contributed by atoms with van der Waals surface area (Å²) in [5, 5.41) is 2.38. The predicted octanol–water partition coefficient (Wildman–Crippen LogP) is 7.98. The van der Waals surface area contributed by atoms with Gasteiger partial charge in [0.05, 0.1) is 34.8 Å². The van der Waals surface area contributed by atoms with Gasteiger partial charge in [0.1, 0.15) is 17.3 Å². The Kier molecular flexibility index (Phi) is 4.37. The Bertz CT molecular complexity index is 1850. The standard InChI is InChI=1S/C31H22N4OS/c1-33-19-34-27-18-21(13-15-28(27)37-29-10-6-9-25(33)31(29)34)36-20-12-14-23-22-7-2-3-8-24(22)35(26(23)17-20)30-11-4-5-16-32-30/h2-18H,19H2,1H3. The summed E-state index contributed by atoms with van der Waals surface area (Å²) in [4.78, 5) is 11.9. The van der Waals surface area contributed by atoms with Crippen LogP contribution in [0, 0.1) is 0 Å². The van der Waals surface area contributed by atoms with Crippen molar-refractivity contribution in [3.8, 4) is 17.3 Å². The molecule has 0 aliphatic carbocycles. The molecule has 0 saturated heterocycles. The van der Waals surface area contributed by atoms with E-state index in [9.17, 15) is 0 Å². The molecule has 2 aliphatic rings. The molecule has 0 atom stereocenters. The van der Waals surface area contributed by atoms with E-state index in [1.807, 2.05) is 36.2 Å². The van der Waals surface area contributed by atoms with E-state index in [-0.39, 0.29) is 0 Å². The van der Waals surface area contributed by atoms with Crippen LogP contribution in [-0.4, -0.2) is 23.3 Å². The number of para-hydroxylation sites is 2. The van der Waals surface area contributed by atoms with E-state index in [1.54, 1.807) is 0 Å². The number of fused-ring (bicyclic) bond motifs is 5. The third-order valence-electron chi connectivity index (χ3n) is 7.21. The average molecular weight is 499 g/mol. The molecule has 0 bridgehead atoms. The fourth-order valence-corrected chi connectivity index (χ4v) is 6.69. The minimum Gasteiger partial charge on any atom is -0.457 e. The highest BCUT2D eigenvalue weighted by molar-refractivity contribution is 7.99. The molecule has 6 aromatic rings. The van der Waals surface area contributed by atoms with Crippen LogP contribution < -0.4 is 14.5 Å². The van der Waals surface area contributed by atoms with E-state index in [2.05, 4.69) is 105 Å². The minimum atomic E-state index is 0.801. The summed E-state index contributed by atoms with van der Waals surface area (Å²) >= 11 is 1.83. The molecule has 2 aromatic heterocycles. The van der Waals surface area contributed by atoms with Crippen molar-refractivity contribution in [3.05, 3.63) is 103 Å². The van der Waals surface area contributed by atoms with Gasteiger partial charge in [0.15, 0.2) is 0 Å². The first-order valence-electron chi connectivity index (χ1n) is 12.3. The second kappa shape index (κ2) is 7.79. The van der Waals surface area contributed by atoms with Crippen molar-refractivity contribution in [1.82, 2.24) is 9.55 Å². The summed E-state index contributed by atoms with van der Waals surface area (Å²) in [6, 6.07) is 33.8. The topological polar surface area (TPSA) is 33.5 Å². The predicted molar refractivity (Wildman–Crippen MR) is 151 cm³/mol. The van der Waals surface area contributed by atoms with Gasteiger partial charge in [-0.3, -0.25) is 4.57 Å². The molecule has 6 heteroatoms. The number of pyridine rings is 1. The Hall–Kier alpha value is -4.42. The summed E-state index contributed by atoms with van der Waals surface area (Å²) in [5.41, 5.74) is 5.96. The number of nitrogens with zero attached hydrogens (tertiary/aromatic N) is 4. The van der Waals surface area contributed by atoms with Gasteiger partial charge < -0.3 is 14.5 Å². The number of aromatic nitrogens is 2. The zero-order valence-corrected chi connectivity index (χ0v) is 20.9. The van der Waals surface area contributed by atoms with Crippen LogP contribution in [-0.2, 0) is 0 Å². The van der Waals surface area contributed by atoms with Crippen molar-refractivity contribution in [2.75, 3.05) is 23.5 Å². The van der Waals surface area contributed by atoms with E-state index in [0.29, 0.717) is 0 Å². The summed E-state index contributed by atoms with van der Waals surface area (Å²) in [6.07, 6.45) is 1.83.